The number of ether oxygens (including phenoxy) is 1. The maximum Gasteiger partial charge on any atom is 0.410 e. The summed E-state index contributed by atoms with van der Waals surface area (Å²) in [4.78, 5) is 21.2. The fourth-order valence-electron chi connectivity index (χ4n) is 5.20. The van der Waals surface area contributed by atoms with Crippen molar-refractivity contribution in [3.63, 3.8) is 0 Å². The van der Waals surface area contributed by atoms with Gasteiger partial charge in [-0.25, -0.2) is 4.79 Å². The van der Waals surface area contributed by atoms with Crippen molar-refractivity contribution >= 4 is 17.0 Å². The summed E-state index contributed by atoms with van der Waals surface area (Å²) in [5, 5.41) is 10.3. The van der Waals surface area contributed by atoms with E-state index >= 15 is 0 Å². The van der Waals surface area contributed by atoms with E-state index in [1.165, 1.54) is 5.56 Å². The van der Waals surface area contributed by atoms with Crippen molar-refractivity contribution in [3.8, 4) is 5.95 Å². The van der Waals surface area contributed by atoms with Crippen LogP contribution in [0.2, 0.25) is 0 Å². The van der Waals surface area contributed by atoms with Crippen LogP contribution in [-0.2, 0) is 4.74 Å². The van der Waals surface area contributed by atoms with Gasteiger partial charge in [0.1, 0.15) is 5.60 Å². The zero-order valence-electron chi connectivity index (χ0n) is 22.3. The molecule has 3 aromatic rings. The molecule has 194 valence electrons. The summed E-state index contributed by atoms with van der Waals surface area (Å²) in [6.07, 6.45) is 1.77. The molecule has 2 aliphatic rings. The highest BCUT2D eigenvalue weighted by Crippen LogP contribution is 2.31. The summed E-state index contributed by atoms with van der Waals surface area (Å²) in [5.41, 5.74) is 2.79. The highest BCUT2D eigenvalue weighted by Gasteiger charge is 2.35. The number of piperidine rings is 1. The summed E-state index contributed by atoms with van der Waals surface area (Å²) < 4.78 is 13.0. The number of benzene rings is 1. The first-order chi connectivity index (χ1) is 17.1. The Morgan fingerprint density at radius 3 is 2.58 bits per heavy atom. The Kier molecular flexibility index (Phi) is 6.53. The zero-order valence-corrected chi connectivity index (χ0v) is 22.3. The molecule has 2 saturated heterocycles. The quantitative estimate of drug-likeness (QED) is 0.499. The number of likely N-dealkylation sites (tertiary alicyclic amines) is 2. The topological polar surface area (TPSA) is 89.5 Å². The normalized spacial score (nSPS) is 18.2. The number of rotatable bonds is 5. The lowest BCUT2D eigenvalue weighted by atomic mass is 9.94. The predicted molar refractivity (Wildman–Crippen MR) is 137 cm³/mol. The fourth-order valence-corrected chi connectivity index (χ4v) is 5.20. The fraction of sp³-hybridized carbons (Fsp3) is 0.630. The molecule has 0 saturated carbocycles. The Bertz CT molecular complexity index is 1230. The van der Waals surface area contributed by atoms with Gasteiger partial charge in [0.05, 0.1) is 11.2 Å². The first-order valence-electron chi connectivity index (χ1n) is 13.1. The van der Waals surface area contributed by atoms with E-state index in [4.69, 9.17) is 19.3 Å². The summed E-state index contributed by atoms with van der Waals surface area (Å²) >= 11 is 0. The van der Waals surface area contributed by atoms with Gasteiger partial charge in [0, 0.05) is 36.9 Å². The lowest BCUT2D eigenvalue weighted by molar-refractivity contribution is -0.00767. The number of carbonyl (C=O) groups is 1. The maximum absolute atomic E-state index is 12.2. The van der Waals surface area contributed by atoms with Crippen LogP contribution in [-0.4, -0.2) is 74.1 Å². The van der Waals surface area contributed by atoms with Crippen molar-refractivity contribution in [1.82, 2.24) is 29.7 Å². The van der Waals surface area contributed by atoms with Gasteiger partial charge in [-0.05, 0) is 76.3 Å². The summed E-state index contributed by atoms with van der Waals surface area (Å²) in [6.45, 7) is 16.6. The van der Waals surface area contributed by atoms with Crippen LogP contribution < -0.4 is 0 Å². The van der Waals surface area contributed by atoms with Crippen LogP contribution >= 0.6 is 0 Å². The lowest BCUT2D eigenvalue weighted by Gasteiger charge is -2.43. The van der Waals surface area contributed by atoms with Gasteiger partial charge in [-0.2, -0.15) is 14.8 Å². The Morgan fingerprint density at radius 2 is 1.92 bits per heavy atom. The molecule has 2 fully saturated rings. The standard InChI is InChI=1S/C27H38N6O3/c1-17(2)23-21-8-7-18(3)13-22(21)33(29-23)25-28-24(36-30-25)20-9-11-31(12-10-20)14-19-15-32(16-19)26(34)35-27(4,5)6/h7-8,13,17,19-20H,9-12,14-16H2,1-6H3. The van der Waals surface area contributed by atoms with Crippen molar-refractivity contribution in [3.05, 3.63) is 35.3 Å². The van der Waals surface area contributed by atoms with Crippen LogP contribution in [0.25, 0.3) is 16.9 Å². The van der Waals surface area contributed by atoms with Crippen LogP contribution in [0.3, 0.4) is 0 Å². The predicted octanol–water partition coefficient (Wildman–Crippen LogP) is 4.89. The Balaban J connectivity index is 1.17. The van der Waals surface area contributed by atoms with Crippen LogP contribution in [0.5, 0.6) is 0 Å². The zero-order chi connectivity index (χ0) is 25.6. The van der Waals surface area contributed by atoms with Gasteiger partial charge < -0.3 is 19.1 Å². The van der Waals surface area contributed by atoms with Gasteiger partial charge in [-0.3, -0.25) is 0 Å². The van der Waals surface area contributed by atoms with E-state index in [-0.39, 0.29) is 12.0 Å². The molecule has 5 rings (SSSR count). The SMILES string of the molecule is Cc1ccc2c(C(C)C)nn(-c3noc(C4CCN(CC5CN(C(=O)OC(C)(C)C)C5)CC4)n3)c2c1. The number of amides is 1. The third-order valence-electron chi connectivity index (χ3n) is 7.09. The average Bonchev–Trinajstić information content (AvgIpc) is 3.40. The Labute approximate surface area is 212 Å². The van der Waals surface area contributed by atoms with Crippen LogP contribution in [0.15, 0.2) is 22.7 Å². The maximum atomic E-state index is 12.2. The first kappa shape index (κ1) is 24.7. The second-order valence-electron chi connectivity index (χ2n) is 11.7. The van der Waals surface area contributed by atoms with Gasteiger partial charge in [0.25, 0.3) is 5.95 Å². The second kappa shape index (κ2) is 9.50. The minimum Gasteiger partial charge on any atom is -0.444 e. The van der Waals surface area contributed by atoms with E-state index in [0.29, 0.717) is 23.7 Å². The third-order valence-corrected chi connectivity index (χ3v) is 7.09. The number of aromatic nitrogens is 4. The highest BCUT2D eigenvalue weighted by atomic mass is 16.6. The smallest absolute Gasteiger partial charge is 0.410 e. The number of fused-ring (bicyclic) bond motifs is 1. The number of hydrogen-bond donors (Lipinski definition) is 0. The molecule has 0 radical (unpaired) electrons. The van der Waals surface area contributed by atoms with E-state index in [0.717, 1.165) is 62.2 Å². The van der Waals surface area contributed by atoms with Crippen molar-refractivity contribution in [2.75, 3.05) is 32.7 Å². The molecule has 9 heteroatoms. The van der Waals surface area contributed by atoms with E-state index in [1.54, 1.807) is 4.90 Å². The van der Waals surface area contributed by atoms with Crippen molar-refractivity contribution in [1.29, 1.82) is 0 Å². The third kappa shape index (κ3) is 5.12. The van der Waals surface area contributed by atoms with Gasteiger partial charge in [-0.1, -0.05) is 26.0 Å². The van der Waals surface area contributed by atoms with Crippen molar-refractivity contribution < 1.29 is 14.1 Å². The largest absolute Gasteiger partial charge is 0.444 e. The monoisotopic (exact) mass is 494 g/mol. The summed E-state index contributed by atoms with van der Waals surface area (Å²) in [6, 6.07) is 6.39. The summed E-state index contributed by atoms with van der Waals surface area (Å²) in [7, 11) is 0. The molecular weight excluding hydrogens is 456 g/mol. The number of aryl methyl sites for hydroxylation is 1. The Hall–Kier alpha value is -2.94. The number of carbonyl (C=O) groups excluding carboxylic acids is 1. The molecule has 0 atom stereocenters. The Morgan fingerprint density at radius 1 is 1.19 bits per heavy atom. The second-order valence-corrected chi connectivity index (χ2v) is 11.7. The minimum absolute atomic E-state index is 0.203. The van der Waals surface area contributed by atoms with Crippen LogP contribution in [0.1, 0.15) is 76.4 Å². The molecule has 0 unspecified atom stereocenters. The van der Waals surface area contributed by atoms with Gasteiger partial charge >= 0.3 is 6.09 Å². The molecular formula is C27H38N6O3. The van der Waals surface area contributed by atoms with Crippen molar-refractivity contribution in [2.24, 2.45) is 5.92 Å². The molecule has 0 N–H and O–H groups in total. The molecule has 2 aliphatic heterocycles. The van der Waals surface area contributed by atoms with Gasteiger partial charge in [0.15, 0.2) is 0 Å². The average molecular weight is 495 g/mol. The lowest BCUT2D eigenvalue weighted by Crippen LogP contribution is -2.55. The molecule has 36 heavy (non-hydrogen) atoms. The van der Waals surface area contributed by atoms with Gasteiger partial charge in [0.2, 0.25) is 5.89 Å². The van der Waals surface area contributed by atoms with E-state index < -0.39 is 5.60 Å². The molecule has 0 bridgehead atoms. The molecule has 2 aromatic heterocycles. The van der Waals surface area contributed by atoms with E-state index in [9.17, 15) is 4.79 Å². The molecule has 0 spiro atoms. The van der Waals surface area contributed by atoms with E-state index in [1.807, 2.05) is 25.5 Å². The van der Waals surface area contributed by atoms with Gasteiger partial charge in [-0.15, -0.1) is 0 Å². The van der Waals surface area contributed by atoms with Crippen molar-refractivity contribution in [2.45, 2.75) is 71.8 Å². The first-order valence-corrected chi connectivity index (χ1v) is 13.1. The molecule has 9 nitrogen and oxygen atoms in total. The molecule has 1 amide bonds. The number of hydrogen-bond acceptors (Lipinski definition) is 7. The summed E-state index contributed by atoms with van der Waals surface area (Å²) in [5.74, 6) is 2.28. The molecule has 0 aliphatic carbocycles. The highest BCUT2D eigenvalue weighted by molar-refractivity contribution is 5.84. The van der Waals surface area contributed by atoms with Crippen LogP contribution in [0.4, 0.5) is 4.79 Å². The van der Waals surface area contributed by atoms with Crippen LogP contribution in [0, 0.1) is 12.8 Å². The molecule has 4 heterocycles. The minimum atomic E-state index is -0.446. The number of nitrogens with zero attached hydrogens (tertiary/aromatic N) is 6. The molecule has 1 aromatic carbocycles. The van der Waals surface area contributed by atoms with E-state index in [2.05, 4.69) is 49.0 Å².